The number of unbranched alkanes of at least 4 members (excludes halogenated alkanes) is 9. The molecule has 0 aliphatic carbocycles. The van der Waals surface area contributed by atoms with Gasteiger partial charge in [0.2, 0.25) is 5.76 Å². The molecule has 0 bridgehead atoms. The van der Waals surface area contributed by atoms with E-state index in [9.17, 15) is 4.79 Å². The van der Waals surface area contributed by atoms with Gasteiger partial charge in [-0.05, 0) is 18.9 Å². The second-order valence-electron chi connectivity index (χ2n) is 5.97. The van der Waals surface area contributed by atoms with Gasteiger partial charge in [0.15, 0.2) is 0 Å². The molecule has 0 aliphatic heterocycles. The minimum atomic E-state index is -1.56. The van der Waals surface area contributed by atoms with Gasteiger partial charge in [0.05, 0.1) is 0 Å². The zero-order valence-electron chi connectivity index (χ0n) is 15.6. The van der Waals surface area contributed by atoms with E-state index < -0.39 is 17.5 Å². The SMILES string of the molecule is CCCCCCCCCCCC=CC=CC=CC(OO)=C(OO)C(=O)O. The van der Waals surface area contributed by atoms with E-state index in [4.69, 9.17) is 15.6 Å². The molecule has 0 aromatic heterocycles. The van der Waals surface area contributed by atoms with Crippen molar-refractivity contribution in [2.24, 2.45) is 0 Å². The smallest absolute Gasteiger partial charge is 0.379 e. The van der Waals surface area contributed by atoms with Gasteiger partial charge in [-0.1, -0.05) is 88.7 Å². The summed E-state index contributed by atoms with van der Waals surface area (Å²) in [7, 11) is 0. The topological polar surface area (TPSA) is 96.2 Å². The molecule has 6 nitrogen and oxygen atoms in total. The highest BCUT2D eigenvalue weighted by Crippen LogP contribution is 2.11. The van der Waals surface area contributed by atoms with E-state index in [-0.39, 0.29) is 0 Å². The molecule has 0 saturated carbocycles. The number of aliphatic carboxylic acids is 1. The normalized spacial score (nSPS) is 12.9. The first-order valence-electron chi connectivity index (χ1n) is 9.27. The molecule has 0 radical (unpaired) electrons. The lowest BCUT2D eigenvalue weighted by Gasteiger charge is -2.00. The fourth-order valence-electron chi connectivity index (χ4n) is 2.36. The maximum Gasteiger partial charge on any atom is 0.379 e. The van der Waals surface area contributed by atoms with E-state index in [2.05, 4.69) is 22.8 Å². The molecule has 0 fully saturated rings. The quantitative estimate of drug-likeness (QED) is 0.0789. The van der Waals surface area contributed by atoms with Crippen LogP contribution in [0.1, 0.15) is 71.1 Å². The van der Waals surface area contributed by atoms with Gasteiger partial charge >= 0.3 is 5.97 Å². The maximum atomic E-state index is 10.7. The summed E-state index contributed by atoms with van der Waals surface area (Å²) in [5.74, 6) is -2.98. The highest BCUT2D eigenvalue weighted by molar-refractivity contribution is 5.85. The molecule has 0 spiro atoms. The van der Waals surface area contributed by atoms with Crippen LogP contribution in [0.5, 0.6) is 0 Å². The van der Waals surface area contributed by atoms with Crippen molar-refractivity contribution in [3.63, 3.8) is 0 Å². The molecule has 0 aromatic carbocycles. The second kappa shape index (κ2) is 17.8. The van der Waals surface area contributed by atoms with Crippen molar-refractivity contribution in [2.45, 2.75) is 71.1 Å². The summed E-state index contributed by atoms with van der Waals surface area (Å²) in [6.07, 6.45) is 22.8. The first-order chi connectivity index (χ1) is 12.7. The molecule has 0 unspecified atom stereocenters. The highest BCUT2D eigenvalue weighted by Gasteiger charge is 2.16. The van der Waals surface area contributed by atoms with Gasteiger partial charge in [0.1, 0.15) is 0 Å². The molecule has 26 heavy (non-hydrogen) atoms. The molecular weight excluding hydrogens is 336 g/mol. The third kappa shape index (κ3) is 13.3. The minimum absolute atomic E-state index is 0.511. The fraction of sp³-hybridized carbons (Fsp3) is 0.550. The van der Waals surface area contributed by atoms with Crippen LogP contribution < -0.4 is 0 Å². The first-order valence-corrected chi connectivity index (χ1v) is 9.27. The average molecular weight is 368 g/mol. The van der Waals surface area contributed by atoms with Crippen molar-refractivity contribution < 1.29 is 30.2 Å². The van der Waals surface area contributed by atoms with Crippen molar-refractivity contribution in [2.75, 3.05) is 0 Å². The summed E-state index contributed by atoms with van der Waals surface area (Å²) in [5, 5.41) is 25.7. The molecule has 0 atom stereocenters. The van der Waals surface area contributed by atoms with Crippen LogP contribution in [-0.2, 0) is 14.6 Å². The van der Waals surface area contributed by atoms with Gasteiger partial charge < -0.3 is 14.9 Å². The molecule has 148 valence electrons. The molecule has 0 heterocycles. The predicted octanol–water partition coefficient (Wildman–Crippen LogP) is 5.85. The summed E-state index contributed by atoms with van der Waals surface area (Å²) >= 11 is 0. The van der Waals surface area contributed by atoms with Crippen LogP contribution >= 0.6 is 0 Å². The monoisotopic (exact) mass is 368 g/mol. The van der Waals surface area contributed by atoms with Crippen LogP contribution in [0.4, 0.5) is 0 Å². The standard InChI is InChI=1S/C20H32O6/c1-2-3-4-5-6-7-8-9-10-11-12-13-14-15-16-17-18(25-23)19(26-24)20(21)22/h12-17,23-24H,2-11H2,1H3,(H,21,22). The Labute approximate surface area is 156 Å². The van der Waals surface area contributed by atoms with Crippen molar-refractivity contribution in [1.29, 1.82) is 0 Å². The van der Waals surface area contributed by atoms with Crippen molar-refractivity contribution in [1.82, 2.24) is 0 Å². The van der Waals surface area contributed by atoms with Gasteiger partial charge in [0.25, 0.3) is 5.76 Å². The molecule has 0 aromatic rings. The van der Waals surface area contributed by atoms with Crippen LogP contribution in [0.25, 0.3) is 0 Å². The van der Waals surface area contributed by atoms with E-state index in [1.165, 1.54) is 63.9 Å². The largest absolute Gasteiger partial charge is 0.475 e. The highest BCUT2D eigenvalue weighted by atomic mass is 17.1. The third-order valence-electron chi connectivity index (χ3n) is 3.80. The van der Waals surface area contributed by atoms with E-state index in [1.54, 1.807) is 12.2 Å². The van der Waals surface area contributed by atoms with E-state index in [0.29, 0.717) is 0 Å². The Morgan fingerprint density at radius 1 is 0.808 bits per heavy atom. The molecule has 6 heteroatoms. The molecule has 0 rings (SSSR count). The third-order valence-corrected chi connectivity index (χ3v) is 3.80. The lowest BCUT2D eigenvalue weighted by molar-refractivity contribution is -0.234. The van der Waals surface area contributed by atoms with Crippen molar-refractivity contribution >= 4 is 5.97 Å². The Morgan fingerprint density at radius 2 is 1.38 bits per heavy atom. The Hall–Kier alpha value is -2.05. The number of carboxylic acid groups (broad SMARTS) is 1. The Morgan fingerprint density at radius 3 is 1.92 bits per heavy atom. The Kier molecular flexibility index (Phi) is 16.4. The van der Waals surface area contributed by atoms with E-state index in [0.717, 1.165) is 12.5 Å². The average Bonchev–Trinajstić information content (AvgIpc) is 2.63. The fourth-order valence-corrected chi connectivity index (χ4v) is 2.36. The van der Waals surface area contributed by atoms with E-state index in [1.807, 2.05) is 6.08 Å². The lowest BCUT2D eigenvalue weighted by Crippen LogP contribution is -2.07. The lowest BCUT2D eigenvalue weighted by atomic mass is 10.1. The van der Waals surface area contributed by atoms with Crippen LogP contribution in [0.3, 0.4) is 0 Å². The number of allylic oxidation sites excluding steroid dienone is 6. The van der Waals surface area contributed by atoms with Gasteiger partial charge in [0, 0.05) is 0 Å². The minimum Gasteiger partial charge on any atom is -0.475 e. The summed E-state index contributed by atoms with van der Waals surface area (Å²) in [6, 6.07) is 0. The Bertz CT molecular complexity index is 477. The molecular formula is C20H32O6. The van der Waals surface area contributed by atoms with Gasteiger partial charge in [-0.3, -0.25) is 0 Å². The van der Waals surface area contributed by atoms with Crippen LogP contribution in [0.2, 0.25) is 0 Å². The number of hydrogen-bond donors (Lipinski definition) is 3. The zero-order chi connectivity index (χ0) is 19.5. The summed E-state index contributed by atoms with van der Waals surface area (Å²) in [6.45, 7) is 2.23. The number of rotatable bonds is 16. The van der Waals surface area contributed by atoms with Crippen molar-refractivity contribution in [3.8, 4) is 0 Å². The van der Waals surface area contributed by atoms with Crippen LogP contribution in [0, 0.1) is 0 Å². The molecule has 3 N–H and O–H groups in total. The first kappa shape index (κ1) is 23.9. The van der Waals surface area contributed by atoms with Gasteiger partial charge in [-0.15, -0.1) is 0 Å². The number of hydrogen-bond acceptors (Lipinski definition) is 5. The number of carboxylic acids is 1. The predicted molar refractivity (Wildman–Crippen MR) is 101 cm³/mol. The molecule has 0 saturated heterocycles. The summed E-state index contributed by atoms with van der Waals surface area (Å²) < 4.78 is 0. The molecule has 0 aliphatic rings. The summed E-state index contributed by atoms with van der Waals surface area (Å²) in [4.78, 5) is 18.2. The molecule has 0 amide bonds. The van der Waals surface area contributed by atoms with E-state index >= 15 is 0 Å². The number of carbonyl (C=O) groups is 1. The van der Waals surface area contributed by atoms with Crippen molar-refractivity contribution in [3.05, 3.63) is 48.0 Å². The van der Waals surface area contributed by atoms with Gasteiger partial charge in [-0.25, -0.2) is 15.3 Å². The van der Waals surface area contributed by atoms with Crippen LogP contribution in [0.15, 0.2) is 48.0 Å². The zero-order valence-corrected chi connectivity index (χ0v) is 15.6. The second-order valence-corrected chi connectivity index (χ2v) is 5.97. The Balaban J connectivity index is 3.86. The van der Waals surface area contributed by atoms with Crippen LogP contribution in [-0.4, -0.2) is 21.6 Å². The summed E-state index contributed by atoms with van der Waals surface area (Å²) in [5.41, 5.74) is 0. The van der Waals surface area contributed by atoms with Gasteiger partial charge in [-0.2, -0.15) is 0 Å². The maximum absolute atomic E-state index is 10.7.